The lowest BCUT2D eigenvalue weighted by Gasteiger charge is -2.39. The summed E-state index contributed by atoms with van der Waals surface area (Å²) in [6.07, 6.45) is 4.86. The minimum Gasteiger partial charge on any atom is -0.396 e. The van der Waals surface area contributed by atoms with Crippen molar-refractivity contribution in [3.05, 3.63) is 0 Å². The Morgan fingerprint density at radius 3 is 2.42 bits per heavy atom. The van der Waals surface area contributed by atoms with E-state index < -0.39 is 0 Å². The molecule has 3 nitrogen and oxygen atoms in total. The highest BCUT2D eigenvalue weighted by molar-refractivity contribution is 4.83. The van der Waals surface area contributed by atoms with Crippen LogP contribution in [0.2, 0.25) is 0 Å². The molecular weight excluding hydrogens is 236 g/mol. The van der Waals surface area contributed by atoms with Gasteiger partial charge in [-0.05, 0) is 43.7 Å². The van der Waals surface area contributed by atoms with E-state index in [1.165, 1.54) is 19.4 Å². The van der Waals surface area contributed by atoms with E-state index in [-0.39, 0.29) is 0 Å². The fourth-order valence-electron chi connectivity index (χ4n) is 3.14. The summed E-state index contributed by atoms with van der Waals surface area (Å²) in [5.41, 5.74) is 0.380. The summed E-state index contributed by atoms with van der Waals surface area (Å²) in [4.78, 5) is 2.60. The number of nitrogens with one attached hydrogen (secondary N) is 1. The van der Waals surface area contributed by atoms with Gasteiger partial charge >= 0.3 is 0 Å². The number of nitrogens with zero attached hydrogens (tertiary/aromatic N) is 1. The summed E-state index contributed by atoms with van der Waals surface area (Å²) in [6.45, 7) is 14.1. The van der Waals surface area contributed by atoms with Crippen LogP contribution in [0.3, 0.4) is 0 Å². The topological polar surface area (TPSA) is 35.5 Å². The Bertz CT molecular complexity index is 237. The Balaban J connectivity index is 2.44. The summed E-state index contributed by atoms with van der Waals surface area (Å²) in [5, 5.41) is 12.8. The van der Waals surface area contributed by atoms with E-state index in [9.17, 15) is 5.11 Å². The van der Waals surface area contributed by atoms with Gasteiger partial charge in [-0.1, -0.05) is 34.1 Å². The maximum absolute atomic E-state index is 9.21. The minimum absolute atomic E-state index is 0.370. The zero-order valence-electron chi connectivity index (χ0n) is 13.4. The van der Waals surface area contributed by atoms with Crippen molar-refractivity contribution in [2.75, 3.05) is 32.8 Å². The fraction of sp³-hybridized carbons (Fsp3) is 1.00. The lowest BCUT2D eigenvalue weighted by molar-refractivity contribution is 0.0890. The van der Waals surface area contributed by atoms with E-state index >= 15 is 0 Å². The van der Waals surface area contributed by atoms with Gasteiger partial charge in [0, 0.05) is 25.7 Å². The average molecular weight is 270 g/mol. The first-order chi connectivity index (χ1) is 8.99. The predicted molar refractivity (Wildman–Crippen MR) is 82.4 cm³/mol. The molecule has 1 saturated heterocycles. The van der Waals surface area contributed by atoms with Crippen LogP contribution in [0.5, 0.6) is 0 Å². The highest BCUT2D eigenvalue weighted by Crippen LogP contribution is 2.27. The predicted octanol–water partition coefficient (Wildman–Crippen LogP) is 2.50. The van der Waals surface area contributed by atoms with E-state index in [4.69, 9.17) is 0 Å². The molecule has 0 saturated carbocycles. The molecule has 1 aliphatic rings. The van der Waals surface area contributed by atoms with E-state index in [2.05, 4.69) is 37.9 Å². The lowest BCUT2D eigenvalue weighted by atomic mass is 9.83. The van der Waals surface area contributed by atoms with Crippen LogP contribution in [0.4, 0.5) is 0 Å². The molecule has 0 spiro atoms. The standard InChI is InChI=1S/C16H34N2O/c1-5-8-16(4,12-17-14(2)3)13-18-9-6-15(11-19)7-10-18/h14-15,17,19H,5-13H2,1-4H3. The van der Waals surface area contributed by atoms with Gasteiger partial charge in [0.15, 0.2) is 0 Å². The third kappa shape index (κ3) is 6.24. The highest BCUT2D eigenvalue weighted by atomic mass is 16.3. The second-order valence-corrected chi connectivity index (χ2v) is 7.00. The van der Waals surface area contributed by atoms with Crippen molar-refractivity contribution in [2.45, 2.75) is 59.4 Å². The molecule has 19 heavy (non-hydrogen) atoms. The van der Waals surface area contributed by atoms with Gasteiger partial charge in [0.25, 0.3) is 0 Å². The van der Waals surface area contributed by atoms with Crippen molar-refractivity contribution in [3.63, 3.8) is 0 Å². The molecular formula is C16H34N2O. The normalized spacial score (nSPS) is 21.8. The van der Waals surface area contributed by atoms with Crippen LogP contribution in [0, 0.1) is 11.3 Å². The minimum atomic E-state index is 0.370. The zero-order valence-corrected chi connectivity index (χ0v) is 13.4. The molecule has 0 radical (unpaired) electrons. The molecule has 1 rings (SSSR count). The van der Waals surface area contributed by atoms with Gasteiger partial charge in [-0.25, -0.2) is 0 Å². The summed E-state index contributed by atoms with van der Waals surface area (Å²) in [6, 6.07) is 0.566. The van der Waals surface area contributed by atoms with Crippen LogP contribution >= 0.6 is 0 Å². The van der Waals surface area contributed by atoms with Crippen LogP contribution < -0.4 is 5.32 Å². The molecule has 1 atom stereocenters. The van der Waals surface area contributed by atoms with Gasteiger partial charge in [-0.3, -0.25) is 0 Å². The molecule has 2 N–H and O–H groups in total. The Labute approximate surface area is 119 Å². The molecule has 1 aliphatic heterocycles. The van der Waals surface area contributed by atoms with Gasteiger partial charge in [-0.2, -0.15) is 0 Å². The second kappa shape index (κ2) is 8.23. The van der Waals surface area contributed by atoms with Gasteiger partial charge in [0.2, 0.25) is 0 Å². The molecule has 0 aromatic heterocycles. The smallest absolute Gasteiger partial charge is 0.0460 e. The van der Waals surface area contributed by atoms with Gasteiger partial charge in [-0.15, -0.1) is 0 Å². The maximum Gasteiger partial charge on any atom is 0.0460 e. The van der Waals surface area contributed by atoms with Crippen molar-refractivity contribution in [3.8, 4) is 0 Å². The van der Waals surface area contributed by atoms with Crippen LogP contribution in [-0.2, 0) is 0 Å². The molecule has 1 fully saturated rings. The molecule has 3 heteroatoms. The Morgan fingerprint density at radius 2 is 1.95 bits per heavy atom. The van der Waals surface area contributed by atoms with Gasteiger partial charge < -0.3 is 15.3 Å². The number of piperidine rings is 1. The van der Waals surface area contributed by atoms with Crippen molar-refractivity contribution in [2.24, 2.45) is 11.3 Å². The van der Waals surface area contributed by atoms with Crippen molar-refractivity contribution >= 4 is 0 Å². The van der Waals surface area contributed by atoms with Crippen molar-refractivity contribution in [1.82, 2.24) is 10.2 Å². The van der Waals surface area contributed by atoms with Crippen LogP contribution in [-0.4, -0.2) is 48.8 Å². The number of likely N-dealkylation sites (tertiary alicyclic amines) is 1. The first-order valence-electron chi connectivity index (χ1n) is 8.05. The van der Waals surface area contributed by atoms with E-state index in [1.807, 2.05) is 0 Å². The van der Waals surface area contributed by atoms with Crippen molar-refractivity contribution < 1.29 is 5.11 Å². The number of hydrogen-bond acceptors (Lipinski definition) is 3. The van der Waals surface area contributed by atoms with Crippen LogP contribution in [0.15, 0.2) is 0 Å². The number of rotatable bonds is 8. The number of aliphatic hydroxyl groups excluding tert-OH is 1. The third-order valence-corrected chi connectivity index (χ3v) is 4.36. The number of hydrogen-bond donors (Lipinski definition) is 2. The SMILES string of the molecule is CCCC(C)(CNC(C)C)CN1CCC(CO)CC1. The maximum atomic E-state index is 9.21. The Kier molecular flexibility index (Phi) is 7.33. The quantitative estimate of drug-likeness (QED) is 0.711. The molecule has 0 amide bonds. The van der Waals surface area contributed by atoms with Gasteiger partial charge in [0.1, 0.15) is 0 Å². The van der Waals surface area contributed by atoms with Gasteiger partial charge in [0.05, 0.1) is 0 Å². The van der Waals surface area contributed by atoms with Crippen LogP contribution in [0.1, 0.15) is 53.4 Å². The molecule has 0 aromatic carbocycles. The second-order valence-electron chi connectivity index (χ2n) is 7.00. The molecule has 0 aliphatic carbocycles. The molecule has 1 heterocycles. The first-order valence-corrected chi connectivity index (χ1v) is 8.05. The summed E-state index contributed by atoms with van der Waals surface area (Å²) in [7, 11) is 0. The highest BCUT2D eigenvalue weighted by Gasteiger charge is 2.28. The molecule has 114 valence electrons. The number of aliphatic hydroxyl groups is 1. The third-order valence-electron chi connectivity index (χ3n) is 4.36. The first kappa shape index (κ1) is 16.9. The summed E-state index contributed by atoms with van der Waals surface area (Å²) in [5.74, 6) is 0.544. The Morgan fingerprint density at radius 1 is 1.32 bits per heavy atom. The molecule has 1 unspecified atom stereocenters. The average Bonchev–Trinajstić information content (AvgIpc) is 2.38. The molecule has 0 aromatic rings. The largest absolute Gasteiger partial charge is 0.396 e. The van der Waals surface area contributed by atoms with Crippen LogP contribution in [0.25, 0.3) is 0 Å². The van der Waals surface area contributed by atoms with E-state index in [1.54, 1.807) is 0 Å². The monoisotopic (exact) mass is 270 g/mol. The van der Waals surface area contributed by atoms with E-state index in [0.717, 1.165) is 32.5 Å². The molecule has 0 bridgehead atoms. The summed E-state index contributed by atoms with van der Waals surface area (Å²) >= 11 is 0. The summed E-state index contributed by atoms with van der Waals surface area (Å²) < 4.78 is 0. The van der Waals surface area contributed by atoms with Crippen molar-refractivity contribution in [1.29, 1.82) is 0 Å². The zero-order chi connectivity index (χ0) is 14.3. The fourth-order valence-corrected chi connectivity index (χ4v) is 3.14. The van der Waals surface area contributed by atoms with E-state index in [0.29, 0.717) is 24.0 Å². The lowest BCUT2D eigenvalue weighted by Crippen LogP contribution is -2.46. The Hall–Kier alpha value is -0.120.